The Morgan fingerprint density at radius 1 is 1.32 bits per heavy atom. The summed E-state index contributed by atoms with van der Waals surface area (Å²) in [6.07, 6.45) is 6.26. The molecule has 1 aliphatic heterocycles. The molecule has 3 rings (SSSR count). The molecule has 2 atom stereocenters. The van der Waals surface area contributed by atoms with Crippen molar-refractivity contribution in [2.75, 3.05) is 6.61 Å². The van der Waals surface area contributed by atoms with Crippen LogP contribution in [0.1, 0.15) is 43.7 Å². The maximum atomic E-state index is 6.39. The van der Waals surface area contributed by atoms with Crippen molar-refractivity contribution in [3.8, 4) is 0 Å². The fraction of sp³-hybridized carbons (Fsp3) is 0.500. The lowest BCUT2D eigenvalue weighted by atomic mass is 9.97. The Labute approximate surface area is 118 Å². The van der Waals surface area contributed by atoms with Crippen molar-refractivity contribution in [1.82, 2.24) is 0 Å². The minimum Gasteiger partial charge on any atom is -0.378 e. The number of hydrogen-bond acceptors (Lipinski definition) is 3. The van der Waals surface area contributed by atoms with Gasteiger partial charge in [-0.2, -0.15) is 0 Å². The maximum absolute atomic E-state index is 6.39. The standard InChI is InChI=1S/C16H21NOS/c17-15(8-7-13-5-1-2-10-18-13)14-6-3-4-12-9-11-19-16(12)14/h3-4,6,9,11,13,15H,1-2,5,7-8,10,17H2. The Bertz CT molecular complexity index is 530. The van der Waals surface area contributed by atoms with Crippen molar-refractivity contribution in [3.05, 3.63) is 35.2 Å². The van der Waals surface area contributed by atoms with Gasteiger partial charge in [0.2, 0.25) is 0 Å². The van der Waals surface area contributed by atoms with Gasteiger partial charge in [-0.1, -0.05) is 18.2 Å². The Morgan fingerprint density at radius 2 is 2.26 bits per heavy atom. The Balaban J connectivity index is 1.66. The smallest absolute Gasteiger partial charge is 0.0575 e. The molecule has 0 aliphatic carbocycles. The summed E-state index contributed by atoms with van der Waals surface area (Å²) in [4.78, 5) is 0. The lowest BCUT2D eigenvalue weighted by molar-refractivity contribution is 0.00914. The second kappa shape index (κ2) is 6.04. The summed E-state index contributed by atoms with van der Waals surface area (Å²) >= 11 is 1.79. The van der Waals surface area contributed by atoms with Gasteiger partial charge in [0, 0.05) is 17.3 Å². The van der Waals surface area contributed by atoms with E-state index in [0.717, 1.165) is 19.4 Å². The van der Waals surface area contributed by atoms with E-state index in [2.05, 4.69) is 29.6 Å². The van der Waals surface area contributed by atoms with Gasteiger partial charge in [0.25, 0.3) is 0 Å². The van der Waals surface area contributed by atoms with Gasteiger partial charge in [-0.3, -0.25) is 0 Å². The number of nitrogens with two attached hydrogens (primary N) is 1. The first kappa shape index (κ1) is 13.1. The Kier molecular flexibility index (Phi) is 4.16. The normalized spacial score (nSPS) is 21.6. The molecule has 2 heterocycles. The number of fused-ring (bicyclic) bond motifs is 1. The molecule has 0 radical (unpaired) electrons. The molecule has 2 unspecified atom stereocenters. The molecule has 3 heteroatoms. The zero-order chi connectivity index (χ0) is 13.1. The summed E-state index contributed by atoms with van der Waals surface area (Å²) in [5, 5.41) is 3.46. The van der Waals surface area contributed by atoms with Crippen LogP contribution in [0, 0.1) is 0 Å². The van der Waals surface area contributed by atoms with E-state index >= 15 is 0 Å². The van der Waals surface area contributed by atoms with E-state index in [1.54, 1.807) is 11.3 Å². The fourth-order valence-corrected chi connectivity index (χ4v) is 3.84. The SMILES string of the molecule is NC(CCC1CCCCO1)c1cccc2ccsc12. The van der Waals surface area contributed by atoms with Crippen molar-refractivity contribution < 1.29 is 4.74 Å². The van der Waals surface area contributed by atoms with Gasteiger partial charge < -0.3 is 10.5 Å². The molecule has 1 aromatic carbocycles. The van der Waals surface area contributed by atoms with E-state index in [0.29, 0.717) is 6.10 Å². The zero-order valence-electron chi connectivity index (χ0n) is 11.2. The van der Waals surface area contributed by atoms with Crippen LogP contribution in [0.5, 0.6) is 0 Å². The molecule has 0 amide bonds. The van der Waals surface area contributed by atoms with Crippen molar-refractivity contribution in [2.45, 2.75) is 44.2 Å². The second-order valence-corrected chi connectivity index (χ2v) is 6.27. The third-order valence-corrected chi connectivity index (χ3v) is 4.96. The Hall–Kier alpha value is -0.900. The molecule has 0 saturated carbocycles. The molecule has 2 aromatic rings. The van der Waals surface area contributed by atoms with Gasteiger partial charge in [-0.05, 0) is 54.5 Å². The van der Waals surface area contributed by atoms with Crippen molar-refractivity contribution >= 4 is 21.4 Å². The van der Waals surface area contributed by atoms with Gasteiger partial charge in [0.1, 0.15) is 0 Å². The zero-order valence-corrected chi connectivity index (χ0v) is 12.0. The lowest BCUT2D eigenvalue weighted by Crippen LogP contribution is -2.21. The first-order chi connectivity index (χ1) is 9.34. The molecule has 0 spiro atoms. The van der Waals surface area contributed by atoms with Crippen molar-refractivity contribution in [2.24, 2.45) is 5.73 Å². The summed E-state index contributed by atoms with van der Waals surface area (Å²) in [6.45, 7) is 0.931. The molecule has 1 aromatic heterocycles. The van der Waals surface area contributed by atoms with E-state index in [4.69, 9.17) is 10.5 Å². The van der Waals surface area contributed by atoms with Crippen LogP contribution in [-0.2, 0) is 4.74 Å². The summed E-state index contributed by atoms with van der Waals surface area (Å²) in [6, 6.07) is 8.74. The number of thiophene rings is 1. The van der Waals surface area contributed by atoms with Gasteiger partial charge >= 0.3 is 0 Å². The number of benzene rings is 1. The van der Waals surface area contributed by atoms with E-state index in [1.807, 2.05) is 0 Å². The van der Waals surface area contributed by atoms with Gasteiger partial charge in [0.15, 0.2) is 0 Å². The summed E-state index contributed by atoms with van der Waals surface area (Å²) in [7, 11) is 0. The number of ether oxygens (including phenoxy) is 1. The highest BCUT2D eigenvalue weighted by atomic mass is 32.1. The van der Waals surface area contributed by atoms with Crippen LogP contribution in [0.2, 0.25) is 0 Å². The van der Waals surface area contributed by atoms with E-state index < -0.39 is 0 Å². The Morgan fingerprint density at radius 3 is 3.11 bits per heavy atom. The predicted octanol–water partition coefficient (Wildman–Crippen LogP) is 4.25. The molecule has 0 bridgehead atoms. The van der Waals surface area contributed by atoms with Crippen LogP contribution in [0.25, 0.3) is 10.1 Å². The highest BCUT2D eigenvalue weighted by Gasteiger charge is 2.17. The van der Waals surface area contributed by atoms with Crippen LogP contribution in [-0.4, -0.2) is 12.7 Å². The molecule has 19 heavy (non-hydrogen) atoms. The molecule has 2 N–H and O–H groups in total. The van der Waals surface area contributed by atoms with E-state index in [-0.39, 0.29) is 6.04 Å². The first-order valence-electron chi connectivity index (χ1n) is 7.18. The molecular weight excluding hydrogens is 254 g/mol. The summed E-state index contributed by atoms with van der Waals surface area (Å²) in [5.41, 5.74) is 7.68. The first-order valence-corrected chi connectivity index (χ1v) is 8.06. The summed E-state index contributed by atoms with van der Waals surface area (Å²) < 4.78 is 7.13. The highest BCUT2D eigenvalue weighted by Crippen LogP contribution is 2.30. The quantitative estimate of drug-likeness (QED) is 0.905. The van der Waals surface area contributed by atoms with E-state index in [9.17, 15) is 0 Å². The number of hydrogen-bond donors (Lipinski definition) is 1. The molecule has 1 aliphatic rings. The minimum atomic E-state index is 0.132. The van der Waals surface area contributed by atoms with Crippen molar-refractivity contribution in [3.63, 3.8) is 0 Å². The largest absolute Gasteiger partial charge is 0.378 e. The van der Waals surface area contributed by atoms with Gasteiger partial charge in [-0.15, -0.1) is 11.3 Å². The minimum absolute atomic E-state index is 0.132. The molecular formula is C16H21NOS. The monoisotopic (exact) mass is 275 g/mol. The molecule has 1 saturated heterocycles. The summed E-state index contributed by atoms with van der Waals surface area (Å²) in [5.74, 6) is 0. The van der Waals surface area contributed by atoms with Crippen LogP contribution < -0.4 is 5.73 Å². The fourth-order valence-electron chi connectivity index (χ4n) is 2.86. The second-order valence-electron chi connectivity index (χ2n) is 5.36. The van der Waals surface area contributed by atoms with E-state index in [1.165, 1.54) is 34.9 Å². The third-order valence-electron chi connectivity index (χ3n) is 3.98. The van der Waals surface area contributed by atoms with Crippen LogP contribution in [0.4, 0.5) is 0 Å². The maximum Gasteiger partial charge on any atom is 0.0575 e. The number of rotatable bonds is 4. The average molecular weight is 275 g/mol. The molecule has 2 nitrogen and oxygen atoms in total. The topological polar surface area (TPSA) is 35.2 Å². The van der Waals surface area contributed by atoms with Crippen LogP contribution in [0.3, 0.4) is 0 Å². The van der Waals surface area contributed by atoms with Gasteiger partial charge in [-0.25, -0.2) is 0 Å². The molecule has 1 fully saturated rings. The highest BCUT2D eigenvalue weighted by molar-refractivity contribution is 7.17. The van der Waals surface area contributed by atoms with Gasteiger partial charge in [0.05, 0.1) is 6.10 Å². The third kappa shape index (κ3) is 2.99. The lowest BCUT2D eigenvalue weighted by Gasteiger charge is -2.24. The van der Waals surface area contributed by atoms with Crippen LogP contribution in [0.15, 0.2) is 29.6 Å². The van der Waals surface area contributed by atoms with Crippen molar-refractivity contribution in [1.29, 1.82) is 0 Å². The van der Waals surface area contributed by atoms with Crippen LogP contribution >= 0.6 is 11.3 Å². The predicted molar refractivity (Wildman–Crippen MR) is 81.6 cm³/mol. The molecule has 102 valence electrons. The average Bonchev–Trinajstić information content (AvgIpc) is 2.94.